The molecule has 1 amide bonds. The molecule has 2 rings (SSSR count). The number of amides is 1. The minimum Gasteiger partial charge on any atom is -0.311 e. The van der Waals surface area contributed by atoms with E-state index in [1.807, 2.05) is 0 Å². The lowest BCUT2D eigenvalue weighted by molar-refractivity contribution is -0.116. The van der Waals surface area contributed by atoms with Gasteiger partial charge in [-0.2, -0.15) is 5.10 Å². The summed E-state index contributed by atoms with van der Waals surface area (Å²) in [5.74, 6) is 1.55. The van der Waals surface area contributed by atoms with E-state index in [0.29, 0.717) is 12.2 Å². The predicted octanol–water partition coefficient (Wildman–Crippen LogP) is 2.32. The Hall–Kier alpha value is -1.32. The monoisotopic (exact) mass is 207 g/mol. The quantitative estimate of drug-likeness (QED) is 0.796. The molecule has 1 fully saturated rings. The van der Waals surface area contributed by atoms with Crippen LogP contribution in [0.2, 0.25) is 0 Å². The van der Waals surface area contributed by atoms with Gasteiger partial charge in [0.2, 0.25) is 5.91 Å². The Bertz CT molecular complexity index is 302. The zero-order valence-electron chi connectivity index (χ0n) is 8.83. The molecule has 0 saturated heterocycles. The van der Waals surface area contributed by atoms with Crippen LogP contribution in [0.25, 0.3) is 0 Å². The molecule has 0 atom stereocenters. The van der Waals surface area contributed by atoms with Crippen LogP contribution >= 0.6 is 0 Å². The van der Waals surface area contributed by atoms with Gasteiger partial charge in [-0.25, -0.2) is 0 Å². The molecule has 1 aromatic rings. The van der Waals surface area contributed by atoms with Crippen molar-refractivity contribution < 1.29 is 4.79 Å². The Kier molecular flexibility index (Phi) is 3.37. The third kappa shape index (κ3) is 3.08. The largest absolute Gasteiger partial charge is 0.311 e. The predicted molar refractivity (Wildman–Crippen MR) is 58.4 cm³/mol. The van der Waals surface area contributed by atoms with Gasteiger partial charge in [0.25, 0.3) is 0 Å². The fraction of sp³-hybridized carbons (Fsp3) is 0.636. The zero-order valence-corrected chi connectivity index (χ0v) is 8.83. The Morgan fingerprint density at radius 2 is 2.33 bits per heavy atom. The smallest absolute Gasteiger partial charge is 0.225 e. The minimum atomic E-state index is 0.0890. The second-order valence-electron chi connectivity index (χ2n) is 4.21. The van der Waals surface area contributed by atoms with Crippen LogP contribution in [-0.4, -0.2) is 16.1 Å². The van der Waals surface area contributed by atoms with E-state index in [0.717, 1.165) is 12.3 Å². The molecule has 0 spiro atoms. The Balaban J connectivity index is 1.68. The van der Waals surface area contributed by atoms with Crippen molar-refractivity contribution in [3.8, 4) is 0 Å². The molecule has 4 nitrogen and oxygen atoms in total. The number of nitrogens with one attached hydrogen (secondary N) is 2. The first-order valence-electron chi connectivity index (χ1n) is 5.64. The van der Waals surface area contributed by atoms with Gasteiger partial charge in [-0.05, 0) is 12.3 Å². The summed E-state index contributed by atoms with van der Waals surface area (Å²) in [6, 6.07) is 1.76. The summed E-state index contributed by atoms with van der Waals surface area (Å²) in [5.41, 5.74) is 0. The average Bonchev–Trinajstić information content (AvgIpc) is 2.86. The average molecular weight is 207 g/mol. The van der Waals surface area contributed by atoms with Gasteiger partial charge < -0.3 is 5.32 Å². The molecule has 0 bridgehead atoms. The van der Waals surface area contributed by atoms with E-state index in [4.69, 9.17) is 0 Å². The maximum absolute atomic E-state index is 11.5. The number of hydrogen-bond acceptors (Lipinski definition) is 2. The summed E-state index contributed by atoms with van der Waals surface area (Å²) in [5, 5.41) is 9.28. The lowest BCUT2D eigenvalue weighted by Gasteiger charge is -2.07. The van der Waals surface area contributed by atoms with Crippen LogP contribution in [0.1, 0.15) is 38.5 Å². The zero-order chi connectivity index (χ0) is 10.5. The topological polar surface area (TPSA) is 57.8 Å². The van der Waals surface area contributed by atoms with Crippen molar-refractivity contribution in [2.45, 2.75) is 38.5 Å². The highest BCUT2D eigenvalue weighted by Gasteiger charge is 2.16. The molecular formula is C11H17N3O. The van der Waals surface area contributed by atoms with Gasteiger partial charge in [0, 0.05) is 12.5 Å². The molecule has 1 heterocycles. The van der Waals surface area contributed by atoms with E-state index in [2.05, 4.69) is 15.5 Å². The number of hydrogen-bond donors (Lipinski definition) is 2. The molecule has 1 saturated carbocycles. The van der Waals surface area contributed by atoms with Crippen molar-refractivity contribution in [2.75, 3.05) is 5.32 Å². The van der Waals surface area contributed by atoms with Crippen molar-refractivity contribution in [2.24, 2.45) is 5.92 Å². The SMILES string of the molecule is O=C(CCC1CCCC1)Nc1ccn[nH]1. The lowest BCUT2D eigenvalue weighted by atomic mass is 10.0. The molecular weight excluding hydrogens is 190 g/mol. The van der Waals surface area contributed by atoms with Gasteiger partial charge in [-0.1, -0.05) is 25.7 Å². The first-order chi connectivity index (χ1) is 7.34. The normalized spacial score (nSPS) is 16.8. The van der Waals surface area contributed by atoms with Gasteiger partial charge in [-0.3, -0.25) is 9.89 Å². The van der Waals surface area contributed by atoms with Crippen molar-refractivity contribution in [3.63, 3.8) is 0 Å². The number of carbonyl (C=O) groups excluding carboxylic acids is 1. The molecule has 82 valence electrons. The third-order valence-corrected chi connectivity index (χ3v) is 3.03. The molecule has 4 heteroatoms. The van der Waals surface area contributed by atoms with Crippen molar-refractivity contribution in [1.29, 1.82) is 0 Å². The summed E-state index contributed by atoms with van der Waals surface area (Å²) in [4.78, 5) is 11.5. The minimum absolute atomic E-state index is 0.0890. The van der Waals surface area contributed by atoms with Gasteiger partial charge in [0.05, 0.1) is 6.20 Å². The Morgan fingerprint density at radius 3 is 3.00 bits per heavy atom. The number of aromatic nitrogens is 2. The second kappa shape index (κ2) is 4.96. The molecule has 1 aliphatic carbocycles. The van der Waals surface area contributed by atoms with Crippen LogP contribution in [0, 0.1) is 5.92 Å². The second-order valence-corrected chi connectivity index (χ2v) is 4.21. The van der Waals surface area contributed by atoms with Crippen LogP contribution < -0.4 is 5.32 Å². The number of H-pyrrole nitrogens is 1. The fourth-order valence-electron chi connectivity index (χ4n) is 2.17. The molecule has 15 heavy (non-hydrogen) atoms. The van der Waals surface area contributed by atoms with E-state index < -0.39 is 0 Å². The first kappa shape index (κ1) is 10.2. The summed E-state index contributed by atoms with van der Waals surface area (Å²) >= 11 is 0. The van der Waals surface area contributed by atoms with Crippen molar-refractivity contribution in [3.05, 3.63) is 12.3 Å². The maximum atomic E-state index is 11.5. The van der Waals surface area contributed by atoms with E-state index >= 15 is 0 Å². The van der Waals surface area contributed by atoms with Gasteiger partial charge >= 0.3 is 0 Å². The van der Waals surface area contributed by atoms with Gasteiger partial charge in [-0.15, -0.1) is 0 Å². The summed E-state index contributed by atoms with van der Waals surface area (Å²) < 4.78 is 0. The van der Waals surface area contributed by atoms with Crippen LogP contribution in [0.5, 0.6) is 0 Å². The maximum Gasteiger partial charge on any atom is 0.225 e. The number of rotatable bonds is 4. The standard InChI is InChI=1S/C11H17N3O/c15-11(13-10-7-8-12-14-10)6-5-9-3-1-2-4-9/h7-9H,1-6H2,(H2,12,13,14,15). The van der Waals surface area contributed by atoms with Crippen LogP contribution in [0.4, 0.5) is 5.82 Å². The third-order valence-electron chi connectivity index (χ3n) is 3.03. The molecule has 2 N–H and O–H groups in total. The highest BCUT2D eigenvalue weighted by molar-refractivity contribution is 5.89. The molecule has 0 radical (unpaired) electrons. The number of carbonyl (C=O) groups is 1. The Morgan fingerprint density at radius 1 is 1.53 bits per heavy atom. The van der Waals surface area contributed by atoms with Crippen LogP contribution in [0.3, 0.4) is 0 Å². The lowest BCUT2D eigenvalue weighted by Crippen LogP contribution is -2.12. The van der Waals surface area contributed by atoms with E-state index in [9.17, 15) is 4.79 Å². The molecule has 0 unspecified atom stereocenters. The highest BCUT2D eigenvalue weighted by atomic mass is 16.1. The van der Waals surface area contributed by atoms with Crippen molar-refractivity contribution >= 4 is 11.7 Å². The first-order valence-corrected chi connectivity index (χ1v) is 5.64. The van der Waals surface area contributed by atoms with Gasteiger partial charge in [0.15, 0.2) is 0 Å². The molecule has 1 aromatic heterocycles. The van der Waals surface area contributed by atoms with Crippen molar-refractivity contribution in [1.82, 2.24) is 10.2 Å². The molecule has 1 aliphatic rings. The fourth-order valence-corrected chi connectivity index (χ4v) is 2.17. The number of aromatic amines is 1. The summed E-state index contributed by atoms with van der Waals surface area (Å²) in [7, 11) is 0. The Labute approximate surface area is 89.5 Å². The van der Waals surface area contributed by atoms with E-state index in [1.165, 1.54) is 25.7 Å². The van der Waals surface area contributed by atoms with Crippen LogP contribution in [-0.2, 0) is 4.79 Å². The van der Waals surface area contributed by atoms with E-state index in [-0.39, 0.29) is 5.91 Å². The number of anilines is 1. The van der Waals surface area contributed by atoms with Gasteiger partial charge in [0.1, 0.15) is 5.82 Å². The number of nitrogens with zero attached hydrogens (tertiary/aromatic N) is 1. The highest BCUT2D eigenvalue weighted by Crippen LogP contribution is 2.28. The van der Waals surface area contributed by atoms with E-state index in [1.54, 1.807) is 12.3 Å². The molecule has 0 aliphatic heterocycles. The summed E-state index contributed by atoms with van der Waals surface area (Å²) in [6.07, 6.45) is 8.57. The molecule has 0 aromatic carbocycles. The summed E-state index contributed by atoms with van der Waals surface area (Å²) in [6.45, 7) is 0. The van der Waals surface area contributed by atoms with Crippen LogP contribution in [0.15, 0.2) is 12.3 Å².